The van der Waals surface area contributed by atoms with E-state index in [-0.39, 0.29) is 23.3 Å². The van der Waals surface area contributed by atoms with Crippen molar-refractivity contribution < 1.29 is 18.0 Å². The number of nitrogens with one attached hydrogen (secondary N) is 1. The number of aryl methyl sites for hydroxylation is 2. The van der Waals surface area contributed by atoms with Crippen LogP contribution in [0.5, 0.6) is 0 Å². The summed E-state index contributed by atoms with van der Waals surface area (Å²) in [4.78, 5) is 27.4. The Balaban J connectivity index is 1.57. The van der Waals surface area contributed by atoms with E-state index >= 15 is 0 Å². The van der Waals surface area contributed by atoms with E-state index in [4.69, 9.17) is 0 Å². The van der Waals surface area contributed by atoms with Crippen molar-refractivity contribution in [1.82, 2.24) is 4.31 Å². The van der Waals surface area contributed by atoms with Crippen LogP contribution in [0.15, 0.2) is 39.7 Å². The number of hydrogen-bond donors (Lipinski definition) is 1. The molecule has 4 rings (SSSR count). The predicted molar refractivity (Wildman–Crippen MR) is 141 cm³/mol. The molecule has 2 aliphatic heterocycles. The number of nitrogens with zero attached hydrogens (tertiary/aromatic N) is 2. The molecule has 35 heavy (non-hydrogen) atoms. The van der Waals surface area contributed by atoms with Gasteiger partial charge in [-0.2, -0.15) is 4.31 Å². The Kier molecular flexibility index (Phi) is 7.68. The van der Waals surface area contributed by atoms with Gasteiger partial charge >= 0.3 is 0 Å². The van der Waals surface area contributed by atoms with E-state index in [0.717, 1.165) is 28.8 Å². The number of carbonyl (C=O) groups is 2. The molecule has 0 spiro atoms. The average Bonchev–Trinajstić information content (AvgIpc) is 3.26. The van der Waals surface area contributed by atoms with Crippen LogP contribution in [0.2, 0.25) is 0 Å². The number of fused-ring (bicyclic) bond motifs is 1. The summed E-state index contributed by atoms with van der Waals surface area (Å²) < 4.78 is 29.3. The molecule has 9 heteroatoms. The molecule has 2 amide bonds. The highest BCUT2D eigenvalue weighted by atomic mass is 79.9. The standard InChI is InChI=1S/C26H32BrN3O4S/c1-4-18-9-6-8-17(3)25(18)28-26(32)20-10-7-12-29(16-20)35(33,34)23-15-22-19(14-21(23)27)11-13-30(22)24(31)5-2/h6,8-9,14-15,20H,4-5,7,10-13,16H2,1-3H3,(H,28,32)/t20-/m1/s1. The lowest BCUT2D eigenvalue weighted by molar-refractivity contribution is -0.121. The Labute approximate surface area is 216 Å². The minimum atomic E-state index is -3.86. The van der Waals surface area contributed by atoms with Gasteiger partial charge < -0.3 is 10.2 Å². The van der Waals surface area contributed by atoms with Crippen LogP contribution in [-0.2, 0) is 32.5 Å². The lowest BCUT2D eigenvalue weighted by atomic mass is 9.98. The third-order valence-corrected chi connectivity index (χ3v) is 9.82. The molecular weight excluding hydrogens is 530 g/mol. The first-order chi connectivity index (χ1) is 16.7. The second-order valence-electron chi connectivity index (χ2n) is 9.21. The second-order valence-corrected chi connectivity index (χ2v) is 12.0. The summed E-state index contributed by atoms with van der Waals surface area (Å²) >= 11 is 3.45. The van der Waals surface area contributed by atoms with Crippen LogP contribution >= 0.6 is 15.9 Å². The van der Waals surface area contributed by atoms with Crippen molar-refractivity contribution in [2.24, 2.45) is 5.92 Å². The molecule has 0 unspecified atom stereocenters. The van der Waals surface area contributed by atoms with Gasteiger partial charge in [-0.1, -0.05) is 32.0 Å². The van der Waals surface area contributed by atoms with Crippen LogP contribution < -0.4 is 10.2 Å². The number of piperidine rings is 1. The number of rotatable bonds is 6. The molecule has 188 valence electrons. The highest BCUT2D eigenvalue weighted by Gasteiger charge is 2.36. The number of para-hydroxylation sites is 1. The molecule has 0 aliphatic carbocycles. The van der Waals surface area contributed by atoms with Gasteiger partial charge in [0.05, 0.1) is 10.8 Å². The number of amides is 2. The monoisotopic (exact) mass is 561 g/mol. The van der Waals surface area contributed by atoms with Gasteiger partial charge in [0.2, 0.25) is 21.8 Å². The van der Waals surface area contributed by atoms with Crippen LogP contribution in [-0.4, -0.2) is 44.2 Å². The molecule has 0 saturated carbocycles. The van der Waals surface area contributed by atoms with Gasteiger partial charge in [0.25, 0.3) is 0 Å². The average molecular weight is 563 g/mol. The number of benzene rings is 2. The van der Waals surface area contributed by atoms with Crippen LogP contribution in [0.4, 0.5) is 11.4 Å². The molecule has 0 aromatic heterocycles. The minimum absolute atomic E-state index is 0.0215. The summed E-state index contributed by atoms with van der Waals surface area (Å²) in [5, 5.41) is 3.07. The quantitative estimate of drug-likeness (QED) is 0.555. The smallest absolute Gasteiger partial charge is 0.244 e. The molecule has 0 bridgehead atoms. The summed E-state index contributed by atoms with van der Waals surface area (Å²) in [6.45, 7) is 6.85. The van der Waals surface area contributed by atoms with Crippen molar-refractivity contribution in [2.75, 3.05) is 29.9 Å². The molecule has 7 nitrogen and oxygen atoms in total. The van der Waals surface area contributed by atoms with Crippen LogP contribution in [0.1, 0.15) is 49.8 Å². The fraction of sp³-hybridized carbons (Fsp3) is 0.462. The first kappa shape index (κ1) is 25.9. The number of carbonyl (C=O) groups excluding carboxylic acids is 2. The summed E-state index contributed by atoms with van der Waals surface area (Å²) in [6, 6.07) is 9.36. The molecule has 1 fully saturated rings. The van der Waals surface area contributed by atoms with E-state index in [9.17, 15) is 18.0 Å². The molecule has 2 heterocycles. The number of anilines is 2. The van der Waals surface area contributed by atoms with E-state index < -0.39 is 15.9 Å². The summed E-state index contributed by atoms with van der Waals surface area (Å²) in [5.41, 5.74) is 4.50. The van der Waals surface area contributed by atoms with E-state index in [1.54, 1.807) is 17.9 Å². The Bertz CT molecular complexity index is 1260. The van der Waals surface area contributed by atoms with Gasteiger partial charge in [-0.05, 0) is 77.4 Å². The Morgan fingerprint density at radius 2 is 1.94 bits per heavy atom. The number of hydrogen-bond acceptors (Lipinski definition) is 4. The normalized spacial score (nSPS) is 18.4. The van der Waals surface area contributed by atoms with Crippen molar-refractivity contribution in [2.45, 2.75) is 57.8 Å². The maximum atomic E-state index is 13.7. The topological polar surface area (TPSA) is 86.8 Å². The molecule has 2 aromatic carbocycles. The highest BCUT2D eigenvalue weighted by molar-refractivity contribution is 9.10. The van der Waals surface area contributed by atoms with Gasteiger partial charge in [0.15, 0.2) is 0 Å². The third-order valence-electron chi connectivity index (χ3n) is 6.99. The first-order valence-electron chi connectivity index (χ1n) is 12.2. The molecule has 2 aromatic rings. The lowest BCUT2D eigenvalue weighted by Gasteiger charge is -2.32. The number of halogens is 1. The third kappa shape index (κ3) is 5.04. The predicted octanol–water partition coefficient (Wildman–Crippen LogP) is 4.66. The Morgan fingerprint density at radius 3 is 2.66 bits per heavy atom. The zero-order chi connectivity index (χ0) is 25.3. The second kappa shape index (κ2) is 10.4. The maximum Gasteiger partial charge on any atom is 0.244 e. The first-order valence-corrected chi connectivity index (χ1v) is 14.4. The van der Waals surface area contributed by atoms with Gasteiger partial charge in [0.1, 0.15) is 0 Å². The molecule has 2 aliphatic rings. The van der Waals surface area contributed by atoms with Crippen molar-refractivity contribution in [1.29, 1.82) is 0 Å². The van der Waals surface area contributed by atoms with Crippen molar-refractivity contribution in [3.8, 4) is 0 Å². The summed E-state index contributed by atoms with van der Waals surface area (Å²) in [5.74, 6) is -0.609. The zero-order valence-electron chi connectivity index (χ0n) is 20.4. The van der Waals surface area contributed by atoms with Crippen molar-refractivity contribution in [3.05, 3.63) is 51.5 Å². The molecular formula is C26H32BrN3O4S. The van der Waals surface area contributed by atoms with Crippen LogP contribution in [0.25, 0.3) is 0 Å². The molecule has 1 N–H and O–H groups in total. The summed E-state index contributed by atoms with van der Waals surface area (Å²) in [6.07, 6.45) is 3.10. The van der Waals surface area contributed by atoms with E-state index in [1.807, 2.05) is 38.1 Å². The van der Waals surface area contributed by atoms with Gasteiger partial charge in [-0.3, -0.25) is 9.59 Å². The highest BCUT2D eigenvalue weighted by Crippen LogP contribution is 2.37. The van der Waals surface area contributed by atoms with E-state index in [0.29, 0.717) is 48.9 Å². The molecule has 1 saturated heterocycles. The summed E-state index contributed by atoms with van der Waals surface area (Å²) in [7, 11) is -3.86. The number of sulfonamides is 1. The lowest BCUT2D eigenvalue weighted by Crippen LogP contribution is -2.44. The van der Waals surface area contributed by atoms with Gasteiger partial charge in [-0.15, -0.1) is 0 Å². The van der Waals surface area contributed by atoms with Crippen molar-refractivity contribution in [3.63, 3.8) is 0 Å². The zero-order valence-corrected chi connectivity index (χ0v) is 22.8. The fourth-order valence-corrected chi connectivity index (χ4v) is 7.57. The Hall–Kier alpha value is -2.23. The van der Waals surface area contributed by atoms with Crippen LogP contribution in [0.3, 0.4) is 0 Å². The van der Waals surface area contributed by atoms with Gasteiger partial charge in [-0.25, -0.2) is 8.42 Å². The molecule has 1 atom stereocenters. The van der Waals surface area contributed by atoms with Gasteiger partial charge in [0, 0.05) is 41.9 Å². The SMILES string of the molecule is CCC(=O)N1CCc2cc(Br)c(S(=O)(=O)N3CCC[C@@H](C(=O)Nc4c(C)cccc4CC)C3)cc21. The largest absolute Gasteiger partial charge is 0.325 e. The van der Waals surface area contributed by atoms with E-state index in [1.165, 1.54) is 4.31 Å². The fourth-order valence-electron chi connectivity index (χ4n) is 4.98. The minimum Gasteiger partial charge on any atom is -0.325 e. The maximum absolute atomic E-state index is 13.7. The van der Waals surface area contributed by atoms with Crippen LogP contribution in [0, 0.1) is 12.8 Å². The van der Waals surface area contributed by atoms with E-state index in [2.05, 4.69) is 21.2 Å². The van der Waals surface area contributed by atoms with Crippen molar-refractivity contribution >= 4 is 49.1 Å². The molecule has 0 radical (unpaired) electrons. The Morgan fingerprint density at radius 1 is 1.17 bits per heavy atom.